The van der Waals surface area contributed by atoms with Crippen LogP contribution in [0.15, 0.2) is 24.3 Å². The molecule has 0 saturated carbocycles. The molecule has 1 aromatic carbocycles. The minimum absolute atomic E-state index is 0.0120. The lowest BCUT2D eigenvalue weighted by Crippen LogP contribution is -2.32. The van der Waals surface area contributed by atoms with Crippen molar-refractivity contribution >= 4 is 5.69 Å². The summed E-state index contributed by atoms with van der Waals surface area (Å²) in [6, 6.07) is 5.88. The summed E-state index contributed by atoms with van der Waals surface area (Å²) < 4.78 is 0. The van der Waals surface area contributed by atoms with E-state index in [1.54, 1.807) is 12.1 Å². The van der Waals surface area contributed by atoms with Crippen molar-refractivity contribution in [2.24, 2.45) is 5.41 Å². The normalized spacial score (nSPS) is 13.2. The summed E-state index contributed by atoms with van der Waals surface area (Å²) in [5.41, 5.74) is 0.616. The molecule has 0 amide bonds. The van der Waals surface area contributed by atoms with E-state index in [-0.39, 0.29) is 17.7 Å². The Morgan fingerprint density at radius 2 is 1.95 bits per heavy atom. The van der Waals surface area contributed by atoms with E-state index in [9.17, 15) is 15.2 Å². The maximum absolute atomic E-state index is 10.5. The molecule has 1 rings (SSSR count). The van der Waals surface area contributed by atoms with Gasteiger partial charge in [0, 0.05) is 31.8 Å². The van der Waals surface area contributed by atoms with Gasteiger partial charge in [0.15, 0.2) is 0 Å². The standard InChI is InChI=1S/C14H22N2O4/c1-14(2,7-8-17)10-15-9-13(18)11-3-5-12(6-4-11)16(19)20/h3-6,13,15,17-18H,7-10H2,1-2H3. The number of hydrogen-bond acceptors (Lipinski definition) is 5. The molecule has 0 fully saturated rings. The number of non-ortho nitro benzene ring substituents is 1. The van der Waals surface area contributed by atoms with E-state index >= 15 is 0 Å². The molecule has 0 radical (unpaired) electrons. The van der Waals surface area contributed by atoms with Gasteiger partial charge in [-0.25, -0.2) is 0 Å². The second-order valence-electron chi connectivity index (χ2n) is 5.63. The highest BCUT2D eigenvalue weighted by Crippen LogP contribution is 2.20. The van der Waals surface area contributed by atoms with Crippen LogP contribution >= 0.6 is 0 Å². The first-order valence-electron chi connectivity index (χ1n) is 6.60. The Bertz CT molecular complexity index is 431. The van der Waals surface area contributed by atoms with Crippen molar-refractivity contribution < 1.29 is 15.1 Å². The molecule has 6 heteroatoms. The van der Waals surface area contributed by atoms with E-state index in [1.807, 2.05) is 13.8 Å². The molecular formula is C14H22N2O4. The second kappa shape index (κ2) is 7.33. The molecule has 20 heavy (non-hydrogen) atoms. The molecule has 0 spiro atoms. The minimum atomic E-state index is -0.708. The summed E-state index contributed by atoms with van der Waals surface area (Å²) in [4.78, 5) is 10.1. The van der Waals surface area contributed by atoms with Crippen LogP contribution in [0.25, 0.3) is 0 Å². The molecule has 0 aromatic heterocycles. The zero-order chi connectivity index (χ0) is 15.2. The highest BCUT2D eigenvalue weighted by Gasteiger charge is 2.17. The molecule has 1 atom stereocenters. The predicted octanol–water partition coefficient (Wildman–Crippen LogP) is 1.63. The SMILES string of the molecule is CC(C)(CCO)CNCC(O)c1ccc([N+](=O)[O-])cc1. The Labute approximate surface area is 118 Å². The van der Waals surface area contributed by atoms with Crippen LogP contribution in [0.4, 0.5) is 5.69 Å². The fraction of sp³-hybridized carbons (Fsp3) is 0.571. The second-order valence-corrected chi connectivity index (χ2v) is 5.63. The van der Waals surface area contributed by atoms with E-state index < -0.39 is 11.0 Å². The Balaban J connectivity index is 2.46. The van der Waals surface area contributed by atoms with E-state index in [1.165, 1.54) is 12.1 Å². The molecule has 0 bridgehead atoms. The Morgan fingerprint density at radius 3 is 2.45 bits per heavy atom. The van der Waals surface area contributed by atoms with E-state index in [0.29, 0.717) is 25.1 Å². The lowest BCUT2D eigenvalue weighted by Gasteiger charge is -2.24. The maximum atomic E-state index is 10.5. The number of nitrogens with one attached hydrogen (secondary N) is 1. The van der Waals surface area contributed by atoms with Crippen LogP contribution in [0.2, 0.25) is 0 Å². The van der Waals surface area contributed by atoms with E-state index in [0.717, 1.165) is 0 Å². The largest absolute Gasteiger partial charge is 0.396 e. The van der Waals surface area contributed by atoms with Gasteiger partial charge in [0.05, 0.1) is 11.0 Å². The molecule has 0 heterocycles. The number of aliphatic hydroxyl groups excluding tert-OH is 2. The van der Waals surface area contributed by atoms with Gasteiger partial charge in [-0.3, -0.25) is 10.1 Å². The molecular weight excluding hydrogens is 260 g/mol. The monoisotopic (exact) mass is 282 g/mol. The summed E-state index contributed by atoms with van der Waals surface area (Å²) in [7, 11) is 0. The van der Waals surface area contributed by atoms with Gasteiger partial charge in [-0.2, -0.15) is 0 Å². The van der Waals surface area contributed by atoms with Gasteiger partial charge >= 0.3 is 0 Å². The molecule has 3 N–H and O–H groups in total. The molecule has 6 nitrogen and oxygen atoms in total. The predicted molar refractivity (Wildman–Crippen MR) is 76.4 cm³/mol. The molecule has 112 valence electrons. The quantitative estimate of drug-likeness (QED) is 0.497. The van der Waals surface area contributed by atoms with Gasteiger partial charge in [0.2, 0.25) is 0 Å². The Hall–Kier alpha value is -1.50. The van der Waals surface area contributed by atoms with Gasteiger partial charge < -0.3 is 15.5 Å². The van der Waals surface area contributed by atoms with Gasteiger partial charge in [0.1, 0.15) is 0 Å². The average Bonchev–Trinajstić information content (AvgIpc) is 2.38. The zero-order valence-electron chi connectivity index (χ0n) is 11.9. The first-order chi connectivity index (χ1) is 9.35. The van der Waals surface area contributed by atoms with Crippen LogP contribution < -0.4 is 5.32 Å². The third-order valence-electron chi connectivity index (χ3n) is 3.22. The van der Waals surface area contributed by atoms with Crippen molar-refractivity contribution in [2.75, 3.05) is 19.7 Å². The van der Waals surface area contributed by atoms with Gasteiger partial charge in [-0.05, 0) is 29.5 Å². The highest BCUT2D eigenvalue weighted by molar-refractivity contribution is 5.33. The molecule has 0 saturated heterocycles. The smallest absolute Gasteiger partial charge is 0.269 e. The molecule has 1 aromatic rings. The van der Waals surface area contributed by atoms with Crippen LogP contribution in [0.5, 0.6) is 0 Å². The van der Waals surface area contributed by atoms with Crippen LogP contribution in [0, 0.1) is 15.5 Å². The van der Waals surface area contributed by atoms with Crippen LogP contribution in [-0.4, -0.2) is 34.8 Å². The number of nitrogens with zero attached hydrogens (tertiary/aromatic N) is 1. The lowest BCUT2D eigenvalue weighted by atomic mass is 9.89. The fourth-order valence-electron chi connectivity index (χ4n) is 1.87. The molecule has 0 aliphatic heterocycles. The summed E-state index contributed by atoms with van der Waals surface area (Å²) >= 11 is 0. The first-order valence-corrected chi connectivity index (χ1v) is 6.60. The van der Waals surface area contributed by atoms with Gasteiger partial charge in [0.25, 0.3) is 5.69 Å². The summed E-state index contributed by atoms with van der Waals surface area (Å²) in [6.45, 7) is 5.26. The van der Waals surface area contributed by atoms with E-state index in [4.69, 9.17) is 5.11 Å². The maximum Gasteiger partial charge on any atom is 0.269 e. The molecule has 0 aliphatic carbocycles. The number of nitro benzene ring substituents is 1. The average molecular weight is 282 g/mol. The van der Waals surface area contributed by atoms with E-state index in [2.05, 4.69) is 5.32 Å². The molecule has 1 unspecified atom stereocenters. The van der Waals surface area contributed by atoms with Crippen molar-refractivity contribution in [2.45, 2.75) is 26.4 Å². The third-order valence-corrected chi connectivity index (χ3v) is 3.22. The fourth-order valence-corrected chi connectivity index (χ4v) is 1.87. The third kappa shape index (κ3) is 5.24. The van der Waals surface area contributed by atoms with Gasteiger partial charge in [-0.15, -0.1) is 0 Å². The van der Waals surface area contributed by atoms with Crippen molar-refractivity contribution in [3.05, 3.63) is 39.9 Å². The van der Waals surface area contributed by atoms with Crippen molar-refractivity contribution in [3.63, 3.8) is 0 Å². The van der Waals surface area contributed by atoms with Crippen LogP contribution in [0.1, 0.15) is 31.9 Å². The van der Waals surface area contributed by atoms with Crippen LogP contribution in [0.3, 0.4) is 0 Å². The Kier molecular flexibility index (Phi) is 6.06. The van der Waals surface area contributed by atoms with Crippen LogP contribution in [-0.2, 0) is 0 Å². The van der Waals surface area contributed by atoms with Crippen molar-refractivity contribution in [3.8, 4) is 0 Å². The Morgan fingerprint density at radius 1 is 1.35 bits per heavy atom. The highest BCUT2D eigenvalue weighted by atomic mass is 16.6. The number of benzene rings is 1. The minimum Gasteiger partial charge on any atom is -0.396 e. The van der Waals surface area contributed by atoms with Crippen molar-refractivity contribution in [1.29, 1.82) is 0 Å². The van der Waals surface area contributed by atoms with Crippen molar-refractivity contribution in [1.82, 2.24) is 5.32 Å². The lowest BCUT2D eigenvalue weighted by molar-refractivity contribution is -0.384. The number of hydrogen-bond donors (Lipinski definition) is 3. The van der Waals surface area contributed by atoms with Gasteiger partial charge in [-0.1, -0.05) is 13.8 Å². The summed E-state index contributed by atoms with van der Waals surface area (Å²) in [5, 5.41) is 32.6. The topological polar surface area (TPSA) is 95.6 Å². The molecule has 0 aliphatic rings. The summed E-state index contributed by atoms with van der Waals surface area (Å²) in [5.74, 6) is 0. The number of rotatable bonds is 8. The number of aliphatic hydroxyl groups is 2. The first kappa shape index (κ1) is 16.6. The summed E-state index contributed by atoms with van der Waals surface area (Å²) in [6.07, 6.45) is -0.0195. The number of nitro groups is 1. The zero-order valence-corrected chi connectivity index (χ0v) is 11.9.